The lowest BCUT2D eigenvalue weighted by Crippen LogP contribution is -2.42. The van der Waals surface area contributed by atoms with Gasteiger partial charge in [-0.1, -0.05) is 24.4 Å². The van der Waals surface area contributed by atoms with Gasteiger partial charge in [-0.05, 0) is 69.1 Å². The highest BCUT2D eigenvalue weighted by Crippen LogP contribution is 2.31. The molecule has 3 aromatic rings. The highest BCUT2D eigenvalue weighted by molar-refractivity contribution is 6.32. The first-order valence-corrected chi connectivity index (χ1v) is 13.8. The summed E-state index contributed by atoms with van der Waals surface area (Å²) in [7, 11) is 3.05. The minimum absolute atomic E-state index is 0.00397. The first-order valence-electron chi connectivity index (χ1n) is 13.4. The van der Waals surface area contributed by atoms with E-state index in [9.17, 15) is 14.3 Å². The smallest absolute Gasteiger partial charge is 0.368 e. The Hall–Kier alpha value is -3.29. The lowest BCUT2D eigenvalue weighted by atomic mass is 9.93. The van der Waals surface area contributed by atoms with E-state index in [2.05, 4.69) is 35.9 Å². The molecule has 0 amide bonds. The Bertz CT molecular complexity index is 1330. The van der Waals surface area contributed by atoms with Crippen molar-refractivity contribution in [2.24, 2.45) is 7.05 Å². The molecular weight excluding hydrogens is 541 g/mol. The molecule has 2 fully saturated rings. The minimum atomic E-state index is -1.18. The van der Waals surface area contributed by atoms with Crippen LogP contribution in [0.25, 0.3) is 5.69 Å². The van der Waals surface area contributed by atoms with Crippen molar-refractivity contribution in [1.82, 2.24) is 34.7 Å². The van der Waals surface area contributed by atoms with Crippen LogP contribution in [0, 0.1) is 5.82 Å². The summed E-state index contributed by atoms with van der Waals surface area (Å²) < 4.78 is 22.3. The second-order valence-corrected chi connectivity index (χ2v) is 11.1. The number of benzene rings is 1. The molecule has 0 unspecified atom stereocenters. The first kappa shape index (κ1) is 29.7. The lowest BCUT2D eigenvalue weighted by Gasteiger charge is -2.39. The lowest BCUT2D eigenvalue weighted by molar-refractivity contribution is 0.0283. The molecule has 2 aliphatic rings. The van der Waals surface area contributed by atoms with Crippen molar-refractivity contribution in [2.75, 3.05) is 37.4 Å². The molecule has 40 heavy (non-hydrogen) atoms. The average Bonchev–Trinajstić information content (AvgIpc) is 3.27. The first-order chi connectivity index (χ1) is 19.1. The monoisotopic (exact) mass is 577 g/mol. The Kier molecular flexibility index (Phi) is 9.59. The Morgan fingerprint density at radius 1 is 1.18 bits per heavy atom. The molecule has 4 heterocycles. The van der Waals surface area contributed by atoms with Gasteiger partial charge in [-0.15, -0.1) is 0 Å². The molecule has 1 aromatic carbocycles. The molecule has 2 saturated heterocycles. The van der Waals surface area contributed by atoms with Crippen molar-refractivity contribution in [2.45, 2.75) is 64.0 Å². The van der Waals surface area contributed by atoms with Crippen LogP contribution in [-0.4, -0.2) is 78.2 Å². The number of hydrogen-bond acceptors (Lipinski definition) is 10. The number of halogens is 2. The summed E-state index contributed by atoms with van der Waals surface area (Å²) in [4.78, 5) is 23.2. The van der Waals surface area contributed by atoms with Crippen LogP contribution >= 0.6 is 11.6 Å². The summed E-state index contributed by atoms with van der Waals surface area (Å²) in [5, 5.41) is 23.2. The normalized spacial score (nSPS) is 16.1. The van der Waals surface area contributed by atoms with Crippen molar-refractivity contribution in [3.63, 3.8) is 0 Å². The van der Waals surface area contributed by atoms with Crippen LogP contribution < -0.4 is 21.1 Å². The Morgan fingerprint density at radius 3 is 2.45 bits per heavy atom. The van der Waals surface area contributed by atoms with Crippen LogP contribution in [0.5, 0.6) is 5.75 Å². The van der Waals surface area contributed by atoms with E-state index in [1.54, 1.807) is 7.05 Å². The molecule has 0 aliphatic carbocycles. The van der Waals surface area contributed by atoms with Gasteiger partial charge in [0.1, 0.15) is 28.9 Å². The van der Waals surface area contributed by atoms with Gasteiger partial charge in [0.25, 0.3) is 0 Å². The Labute approximate surface area is 237 Å². The number of ether oxygens (including phenoxy) is 1. The highest BCUT2D eigenvalue weighted by Gasteiger charge is 2.24. The second-order valence-electron chi connectivity index (χ2n) is 10.6. The number of piperidine rings is 2. The molecule has 0 saturated carbocycles. The molecule has 5 rings (SSSR count). The van der Waals surface area contributed by atoms with Crippen molar-refractivity contribution in [3.05, 3.63) is 39.7 Å². The molecule has 218 valence electrons. The zero-order chi connectivity index (χ0) is 28.9. The molecular formula is C26H37ClFN9O3. The molecule has 0 bridgehead atoms. The molecule has 3 N–H and O–H groups in total. The third-order valence-electron chi connectivity index (χ3n) is 6.79. The van der Waals surface area contributed by atoms with Gasteiger partial charge < -0.3 is 25.4 Å². The largest absolute Gasteiger partial charge is 0.488 e. The third kappa shape index (κ3) is 7.46. The van der Waals surface area contributed by atoms with Gasteiger partial charge in [0.15, 0.2) is 5.82 Å². The van der Waals surface area contributed by atoms with Crippen molar-refractivity contribution in [1.29, 1.82) is 0 Å². The number of rotatable bonds is 7. The van der Waals surface area contributed by atoms with E-state index in [0.29, 0.717) is 10.8 Å². The van der Waals surface area contributed by atoms with Gasteiger partial charge in [0, 0.05) is 26.2 Å². The number of fused-ring (bicyclic) bond motifs is 1. The van der Waals surface area contributed by atoms with Crippen LogP contribution in [0.3, 0.4) is 0 Å². The number of hydrogen-bond donors (Lipinski definition) is 3. The summed E-state index contributed by atoms with van der Waals surface area (Å²) in [6.45, 7) is 5.71. The summed E-state index contributed by atoms with van der Waals surface area (Å²) in [5.41, 5.74) is -1.67. The van der Waals surface area contributed by atoms with E-state index in [0.717, 1.165) is 21.5 Å². The van der Waals surface area contributed by atoms with E-state index in [4.69, 9.17) is 16.3 Å². The van der Waals surface area contributed by atoms with Gasteiger partial charge >= 0.3 is 5.69 Å². The molecule has 0 radical (unpaired) electrons. The maximum atomic E-state index is 14.8. The van der Waals surface area contributed by atoms with Crippen molar-refractivity contribution >= 4 is 29.1 Å². The summed E-state index contributed by atoms with van der Waals surface area (Å²) in [6.07, 6.45) is 10.2. The summed E-state index contributed by atoms with van der Waals surface area (Å²) in [5.74, 6) is -0.281. The molecule has 12 nitrogen and oxygen atoms in total. The number of nitrogens with one attached hydrogen (secondary N) is 2. The molecule has 2 aromatic heterocycles. The van der Waals surface area contributed by atoms with E-state index in [-0.39, 0.29) is 29.7 Å². The van der Waals surface area contributed by atoms with E-state index in [1.807, 2.05) is 0 Å². The highest BCUT2D eigenvalue weighted by atomic mass is 35.5. The van der Waals surface area contributed by atoms with E-state index >= 15 is 0 Å². The van der Waals surface area contributed by atoms with Crippen molar-refractivity contribution in [3.8, 4) is 11.4 Å². The van der Waals surface area contributed by atoms with Gasteiger partial charge in [-0.25, -0.2) is 14.2 Å². The Morgan fingerprint density at radius 2 is 1.88 bits per heavy atom. The fraction of sp³-hybridized carbons (Fsp3) is 0.577. The SMILES string of the molecule is C1CCN2CCCCC2C1.CNc1nc(Nc2cc(-n3nnn(C)c3=O)c(OCC(C)(C)O)cc2F)ncc1Cl. The number of aliphatic hydroxyl groups is 1. The summed E-state index contributed by atoms with van der Waals surface area (Å²) in [6, 6.07) is 3.36. The fourth-order valence-corrected chi connectivity index (χ4v) is 4.92. The van der Waals surface area contributed by atoms with Gasteiger partial charge in [0.05, 0.1) is 17.5 Å². The summed E-state index contributed by atoms with van der Waals surface area (Å²) >= 11 is 5.97. The van der Waals surface area contributed by atoms with Gasteiger partial charge in [-0.2, -0.15) is 14.3 Å². The number of aryl methyl sites for hydroxylation is 1. The maximum Gasteiger partial charge on any atom is 0.368 e. The molecule has 14 heteroatoms. The van der Waals surface area contributed by atoms with Gasteiger partial charge in [-0.3, -0.25) is 0 Å². The van der Waals surface area contributed by atoms with Crippen LogP contribution in [0.15, 0.2) is 23.1 Å². The fourth-order valence-electron chi connectivity index (χ4n) is 4.74. The maximum absolute atomic E-state index is 14.8. The zero-order valence-electron chi connectivity index (χ0n) is 23.3. The molecule has 2 aliphatic heterocycles. The van der Waals surface area contributed by atoms with Crippen LogP contribution in [0.1, 0.15) is 52.4 Å². The number of anilines is 3. The van der Waals surface area contributed by atoms with Crippen LogP contribution in [-0.2, 0) is 7.05 Å². The minimum Gasteiger partial charge on any atom is -0.488 e. The number of nitrogens with zero attached hydrogens (tertiary/aromatic N) is 7. The third-order valence-corrected chi connectivity index (χ3v) is 7.07. The number of tetrazole rings is 1. The van der Waals surface area contributed by atoms with Crippen LogP contribution in [0.2, 0.25) is 5.02 Å². The van der Waals surface area contributed by atoms with E-state index in [1.165, 1.54) is 84.8 Å². The molecule has 0 atom stereocenters. The quantitative estimate of drug-likeness (QED) is 0.383. The topological polar surface area (TPSA) is 135 Å². The molecule has 0 spiro atoms. The predicted octanol–water partition coefficient (Wildman–Crippen LogP) is 3.51. The number of aromatic nitrogens is 6. The van der Waals surface area contributed by atoms with Crippen LogP contribution in [0.4, 0.5) is 21.8 Å². The zero-order valence-corrected chi connectivity index (χ0v) is 24.1. The Balaban J connectivity index is 0.000000307. The predicted molar refractivity (Wildman–Crippen MR) is 151 cm³/mol. The van der Waals surface area contributed by atoms with E-state index < -0.39 is 17.1 Å². The van der Waals surface area contributed by atoms with Gasteiger partial charge in [0.2, 0.25) is 5.95 Å². The second kappa shape index (κ2) is 12.9. The standard InChI is InChI=1S/C17H20ClFN8O3.C9H17N/c1-17(2,29)8-30-13-5-10(19)11(6-12(13)27-16(28)26(4)24-25-27)22-15-21-7-9(18)14(20-3)23-15;1-3-7-10-8-4-2-6-9(10)5-1/h5-7,29H,8H2,1-4H3,(H2,20,21,22,23);9H,1-8H2. The van der Waals surface area contributed by atoms with Crippen molar-refractivity contribution < 1.29 is 14.2 Å². The average molecular weight is 578 g/mol.